The fraction of sp³-hybridized carbons (Fsp3) is 0.525. The van der Waals surface area contributed by atoms with Gasteiger partial charge in [0, 0.05) is 94.1 Å². The van der Waals surface area contributed by atoms with Gasteiger partial charge in [-0.05, 0) is 60.9 Å². The van der Waals surface area contributed by atoms with Crippen molar-refractivity contribution < 1.29 is 32.7 Å². The standard InChI is InChI=1S/C40H46F2N8O5/c1-23(2)36(39(52)53)34-17-35(45-55-34)47-20-40(21-47)22-49(33-18-43-10-6-29(33)40)32-15-25-5-4-11-48(31(25)16-27(32)37(41)42)38-28-19-46(24(3)51)12-7-30(28)50(44-38)26-8-13-54-14-9-26/h6,10,15-18,23,26,36-37H,4-5,7-9,11-14,19-22H2,1-3H3,(H,52,53). The fourth-order valence-corrected chi connectivity index (χ4v) is 9.57. The highest BCUT2D eigenvalue weighted by molar-refractivity contribution is 5.81. The summed E-state index contributed by atoms with van der Waals surface area (Å²) in [6, 6.07) is 7.48. The predicted octanol–water partition coefficient (Wildman–Crippen LogP) is 6.28. The smallest absolute Gasteiger partial charge is 0.314 e. The number of benzene rings is 1. The summed E-state index contributed by atoms with van der Waals surface area (Å²) >= 11 is 0. The van der Waals surface area contributed by atoms with E-state index in [9.17, 15) is 14.7 Å². The molecule has 2 fully saturated rings. The number of rotatable bonds is 8. The first-order chi connectivity index (χ1) is 26.5. The molecule has 290 valence electrons. The number of hydrogen-bond donors (Lipinski definition) is 1. The maximum absolute atomic E-state index is 15.4. The first-order valence-corrected chi connectivity index (χ1v) is 19.4. The lowest BCUT2D eigenvalue weighted by Gasteiger charge is -2.48. The van der Waals surface area contributed by atoms with E-state index in [0.29, 0.717) is 76.2 Å². The Labute approximate surface area is 317 Å². The predicted molar refractivity (Wildman–Crippen MR) is 200 cm³/mol. The van der Waals surface area contributed by atoms with Crippen molar-refractivity contribution in [2.24, 2.45) is 5.92 Å². The lowest BCUT2D eigenvalue weighted by Crippen LogP contribution is -2.61. The van der Waals surface area contributed by atoms with Crippen LogP contribution in [-0.2, 0) is 39.1 Å². The number of aryl methyl sites for hydroxylation is 1. The Kier molecular flexibility index (Phi) is 8.82. The summed E-state index contributed by atoms with van der Waals surface area (Å²) in [5, 5.41) is 19.2. The third-order valence-electron chi connectivity index (χ3n) is 12.4. The number of hydrogen-bond acceptors (Lipinski definition) is 10. The lowest BCUT2D eigenvalue weighted by molar-refractivity contribution is -0.140. The number of halogens is 2. The van der Waals surface area contributed by atoms with Gasteiger partial charge in [0.15, 0.2) is 17.4 Å². The molecule has 55 heavy (non-hydrogen) atoms. The Morgan fingerprint density at radius 3 is 2.53 bits per heavy atom. The molecule has 4 aromatic rings. The number of anilines is 5. The molecule has 9 rings (SSSR count). The molecule has 13 nitrogen and oxygen atoms in total. The van der Waals surface area contributed by atoms with Gasteiger partial charge in [-0.15, -0.1) is 0 Å². The van der Waals surface area contributed by atoms with Gasteiger partial charge >= 0.3 is 5.97 Å². The van der Waals surface area contributed by atoms with Crippen LogP contribution < -0.4 is 14.7 Å². The molecule has 15 heteroatoms. The van der Waals surface area contributed by atoms with Crippen LogP contribution >= 0.6 is 0 Å². The number of nitrogens with zero attached hydrogens (tertiary/aromatic N) is 8. The van der Waals surface area contributed by atoms with Crippen LogP contribution in [0.2, 0.25) is 0 Å². The van der Waals surface area contributed by atoms with Gasteiger partial charge in [0.05, 0.1) is 35.6 Å². The highest BCUT2D eigenvalue weighted by Gasteiger charge is 2.53. The van der Waals surface area contributed by atoms with Crippen molar-refractivity contribution in [2.45, 2.75) is 83.2 Å². The van der Waals surface area contributed by atoms with Crippen LogP contribution in [0.3, 0.4) is 0 Å². The van der Waals surface area contributed by atoms with Gasteiger partial charge in [0.2, 0.25) is 5.91 Å². The Morgan fingerprint density at radius 2 is 1.80 bits per heavy atom. The number of alkyl halides is 2. The molecule has 5 aliphatic rings. The SMILES string of the molecule is CC(=O)N1CCc2c(c(N3CCCc4cc(N5CC6(CN(c7cc(C(C(=O)O)C(C)C)on7)C6)c6ccncc65)c(C(F)F)cc43)nn2C2CCOCC2)C1. The summed E-state index contributed by atoms with van der Waals surface area (Å²) in [5.41, 5.74) is 5.74. The van der Waals surface area contributed by atoms with Gasteiger partial charge in [0.25, 0.3) is 6.43 Å². The van der Waals surface area contributed by atoms with Gasteiger partial charge in [-0.25, -0.2) is 8.78 Å². The molecule has 8 heterocycles. The minimum absolute atomic E-state index is 0.00978. The Balaban J connectivity index is 1.05. The molecule has 1 amide bonds. The van der Waals surface area contributed by atoms with Crippen LogP contribution in [0, 0.1) is 5.92 Å². The summed E-state index contributed by atoms with van der Waals surface area (Å²) < 4.78 is 44.1. The van der Waals surface area contributed by atoms with Crippen molar-refractivity contribution in [3.05, 3.63) is 70.4 Å². The maximum Gasteiger partial charge on any atom is 0.314 e. The summed E-state index contributed by atoms with van der Waals surface area (Å²) in [7, 11) is 0. The second kappa shape index (κ2) is 13.6. The van der Waals surface area contributed by atoms with Gasteiger partial charge in [0.1, 0.15) is 5.92 Å². The van der Waals surface area contributed by atoms with Gasteiger partial charge in [-0.1, -0.05) is 19.0 Å². The van der Waals surface area contributed by atoms with Crippen LogP contribution in [-0.4, -0.2) is 87.7 Å². The van der Waals surface area contributed by atoms with E-state index >= 15 is 8.78 Å². The quantitative estimate of drug-likeness (QED) is 0.218. The molecule has 1 spiro atoms. The number of carboxylic acid groups (broad SMARTS) is 1. The van der Waals surface area contributed by atoms with Crippen molar-refractivity contribution in [1.82, 2.24) is 24.8 Å². The molecule has 3 aromatic heterocycles. The number of ether oxygens (including phenoxy) is 1. The maximum atomic E-state index is 15.4. The topological polar surface area (TPSA) is 133 Å². The highest BCUT2D eigenvalue weighted by Crippen LogP contribution is 2.52. The lowest BCUT2D eigenvalue weighted by atomic mass is 9.75. The first-order valence-electron chi connectivity index (χ1n) is 19.4. The zero-order chi connectivity index (χ0) is 38.2. The fourth-order valence-electron chi connectivity index (χ4n) is 9.57. The number of carbonyl (C=O) groups is 2. The van der Waals surface area contributed by atoms with Gasteiger partial charge in [-0.3, -0.25) is 19.3 Å². The molecule has 1 atom stereocenters. The van der Waals surface area contributed by atoms with Crippen molar-refractivity contribution in [3.63, 3.8) is 0 Å². The molecule has 1 aromatic carbocycles. The minimum atomic E-state index is -2.74. The third-order valence-corrected chi connectivity index (χ3v) is 12.4. The number of carbonyl (C=O) groups excluding carboxylic acids is 1. The molecule has 0 radical (unpaired) electrons. The van der Waals surface area contributed by atoms with Crippen molar-refractivity contribution in [1.29, 1.82) is 0 Å². The summed E-state index contributed by atoms with van der Waals surface area (Å²) in [6.07, 6.45) is 4.73. The van der Waals surface area contributed by atoms with E-state index < -0.39 is 18.3 Å². The Morgan fingerprint density at radius 1 is 1.00 bits per heavy atom. The largest absolute Gasteiger partial charge is 0.481 e. The van der Waals surface area contributed by atoms with E-state index in [1.165, 1.54) is 0 Å². The first kappa shape index (κ1) is 35.6. The van der Waals surface area contributed by atoms with Crippen LogP contribution in [0.1, 0.15) is 92.1 Å². The van der Waals surface area contributed by atoms with Crippen LogP contribution in [0.5, 0.6) is 0 Å². The molecular weight excluding hydrogens is 710 g/mol. The van der Waals surface area contributed by atoms with E-state index in [-0.39, 0.29) is 28.8 Å². The molecule has 0 bridgehead atoms. The monoisotopic (exact) mass is 756 g/mol. The normalized spacial score (nSPS) is 19.8. The number of amides is 1. The van der Waals surface area contributed by atoms with E-state index in [1.54, 1.807) is 31.5 Å². The molecule has 0 aliphatic carbocycles. The minimum Gasteiger partial charge on any atom is -0.481 e. The molecule has 2 saturated heterocycles. The van der Waals surface area contributed by atoms with E-state index in [4.69, 9.17) is 14.4 Å². The van der Waals surface area contributed by atoms with Gasteiger partial charge < -0.3 is 34.0 Å². The average molecular weight is 757 g/mol. The zero-order valence-corrected chi connectivity index (χ0v) is 31.4. The summed E-state index contributed by atoms with van der Waals surface area (Å²) in [6.45, 7) is 9.90. The van der Waals surface area contributed by atoms with E-state index in [1.807, 2.05) is 40.7 Å². The number of aliphatic carboxylic acids is 1. The second-order valence-corrected chi connectivity index (χ2v) is 16.1. The second-order valence-electron chi connectivity index (χ2n) is 16.1. The van der Waals surface area contributed by atoms with Crippen molar-refractivity contribution in [3.8, 4) is 0 Å². The van der Waals surface area contributed by atoms with Crippen LogP contribution in [0.25, 0.3) is 0 Å². The third kappa shape index (κ3) is 5.92. The molecule has 5 aliphatic heterocycles. The molecular formula is C40H46F2N8O5. The Bertz CT molecular complexity index is 2140. The summed E-state index contributed by atoms with van der Waals surface area (Å²) in [4.78, 5) is 36.9. The van der Waals surface area contributed by atoms with E-state index in [0.717, 1.165) is 65.3 Å². The summed E-state index contributed by atoms with van der Waals surface area (Å²) in [5.74, 6) is -0.295. The number of fused-ring (bicyclic) bond motifs is 4. The Hall–Kier alpha value is -5.05. The molecule has 0 saturated carbocycles. The van der Waals surface area contributed by atoms with E-state index in [2.05, 4.69) is 19.7 Å². The highest BCUT2D eigenvalue weighted by atomic mass is 19.3. The average Bonchev–Trinajstić information content (AvgIpc) is 3.88. The van der Waals surface area contributed by atoms with Gasteiger partial charge in [-0.2, -0.15) is 5.10 Å². The number of carboxylic acids is 1. The van der Waals surface area contributed by atoms with Crippen molar-refractivity contribution >= 4 is 40.6 Å². The van der Waals surface area contributed by atoms with Crippen LogP contribution in [0.15, 0.2) is 41.2 Å². The number of aromatic nitrogens is 4. The number of pyridine rings is 1. The van der Waals surface area contributed by atoms with Crippen LogP contribution in [0.4, 0.5) is 37.5 Å². The molecule has 1 N–H and O–H groups in total. The van der Waals surface area contributed by atoms with Crippen molar-refractivity contribution in [2.75, 3.05) is 60.6 Å². The zero-order valence-electron chi connectivity index (χ0n) is 31.4. The molecule has 1 unspecified atom stereocenters.